The first-order chi connectivity index (χ1) is 11.5. The topological polar surface area (TPSA) is 78.8 Å². The molecule has 0 bridgehead atoms. The Hall–Kier alpha value is -2.21. The number of benzene rings is 2. The molecule has 25 heavy (non-hydrogen) atoms. The van der Waals surface area contributed by atoms with E-state index in [4.69, 9.17) is 9.47 Å². The smallest absolute Gasteiger partial charge is 0.870 e. The van der Waals surface area contributed by atoms with E-state index in [9.17, 15) is 15.0 Å². The Morgan fingerprint density at radius 1 is 0.960 bits per heavy atom. The van der Waals surface area contributed by atoms with Crippen LogP contribution in [0.2, 0.25) is 0 Å². The minimum absolute atomic E-state index is 0. The van der Waals surface area contributed by atoms with Gasteiger partial charge in [-0.25, -0.2) is 0 Å². The van der Waals surface area contributed by atoms with Gasteiger partial charge in [-0.2, -0.15) is 0 Å². The monoisotopic (exact) mass is 348 g/mol. The third-order valence-electron chi connectivity index (χ3n) is 3.27. The summed E-state index contributed by atoms with van der Waals surface area (Å²) in [7, 11) is 2.88. The van der Waals surface area contributed by atoms with E-state index in [0.717, 1.165) is 5.56 Å². The Morgan fingerprint density at radius 3 is 2.04 bits per heavy atom. The molecule has 2 aromatic rings. The van der Waals surface area contributed by atoms with Gasteiger partial charge in [0, 0.05) is 0 Å². The Kier molecular flexibility index (Phi) is 8.28. The number of phenols is 1. The van der Waals surface area contributed by atoms with Crippen LogP contribution in [-0.2, 0) is 4.79 Å². The summed E-state index contributed by atoms with van der Waals surface area (Å²) in [6.07, 6.45) is 6.02. The van der Waals surface area contributed by atoms with Gasteiger partial charge < -0.3 is 19.7 Å². The summed E-state index contributed by atoms with van der Waals surface area (Å²) in [6, 6.07) is 9.37. The van der Waals surface area contributed by atoms with Crippen LogP contribution >= 0.6 is 0 Å². The molecule has 0 aliphatic carbocycles. The summed E-state index contributed by atoms with van der Waals surface area (Å²) in [6.45, 7) is 0. The van der Waals surface area contributed by atoms with Gasteiger partial charge in [-0.1, -0.05) is 36.1 Å². The van der Waals surface area contributed by atoms with Gasteiger partial charge in [0.05, 0.1) is 14.2 Å². The second kappa shape index (κ2) is 9.93. The van der Waals surface area contributed by atoms with Crippen molar-refractivity contribution in [1.29, 1.82) is 0 Å². The van der Waals surface area contributed by atoms with Crippen molar-refractivity contribution in [2.24, 2.45) is 0 Å². The van der Waals surface area contributed by atoms with Gasteiger partial charge in [0.1, 0.15) is 5.75 Å². The van der Waals surface area contributed by atoms with E-state index in [2.05, 4.69) is 0 Å². The predicted octanol–water partition coefficient (Wildman–Crippen LogP) is -0.217. The van der Waals surface area contributed by atoms with Crippen LogP contribution in [0.5, 0.6) is 23.0 Å². The molecular formula is C19H17NaO5. The fourth-order valence-corrected chi connectivity index (χ4v) is 2.00. The molecule has 0 unspecified atom stereocenters. The molecule has 0 radical (unpaired) electrons. The van der Waals surface area contributed by atoms with Crippen LogP contribution in [0.3, 0.4) is 0 Å². The van der Waals surface area contributed by atoms with Gasteiger partial charge in [-0.05, 0) is 41.5 Å². The largest absolute Gasteiger partial charge is 1.00 e. The number of methoxy groups -OCH3 is 2. The molecule has 2 rings (SSSR count). The van der Waals surface area contributed by atoms with Gasteiger partial charge in [-0.15, -0.1) is 0 Å². The Balaban J connectivity index is 0.00000312. The van der Waals surface area contributed by atoms with Gasteiger partial charge in [-0.3, -0.25) is 4.79 Å². The molecule has 6 heteroatoms. The molecule has 2 aromatic carbocycles. The molecule has 0 aliphatic rings. The molecule has 124 valence electrons. The Labute approximate surface area is 168 Å². The number of allylic oxidation sites excluding steroid dienone is 2. The average Bonchev–Trinajstić information content (AvgIpc) is 2.60. The van der Waals surface area contributed by atoms with Crippen molar-refractivity contribution >= 4 is 17.9 Å². The Bertz CT molecular complexity index is 731. The number of aromatic hydroxyl groups is 1. The summed E-state index contributed by atoms with van der Waals surface area (Å²) >= 11 is 0. The van der Waals surface area contributed by atoms with E-state index in [0.29, 0.717) is 11.3 Å². The van der Waals surface area contributed by atoms with Crippen molar-refractivity contribution in [1.82, 2.24) is 0 Å². The van der Waals surface area contributed by atoms with Crippen LogP contribution in [0.15, 0.2) is 48.6 Å². The maximum Gasteiger partial charge on any atom is 1.00 e. The fourth-order valence-electron chi connectivity index (χ4n) is 2.00. The minimum Gasteiger partial charge on any atom is -0.870 e. The van der Waals surface area contributed by atoms with Crippen molar-refractivity contribution in [3.05, 3.63) is 59.7 Å². The van der Waals surface area contributed by atoms with Crippen LogP contribution < -0.4 is 44.1 Å². The molecule has 0 fully saturated rings. The zero-order chi connectivity index (χ0) is 17.5. The van der Waals surface area contributed by atoms with Crippen LogP contribution in [0.25, 0.3) is 12.2 Å². The third kappa shape index (κ3) is 5.98. The number of hydrogen-bond acceptors (Lipinski definition) is 5. The normalized spacial score (nSPS) is 10.6. The number of carbonyl (C=O) groups is 1. The van der Waals surface area contributed by atoms with E-state index in [-0.39, 0.29) is 52.6 Å². The predicted molar refractivity (Wildman–Crippen MR) is 90.2 cm³/mol. The number of carbonyl (C=O) groups excluding carboxylic acids is 1. The molecule has 0 saturated carbocycles. The van der Waals surface area contributed by atoms with E-state index in [1.807, 2.05) is 0 Å². The van der Waals surface area contributed by atoms with E-state index in [1.54, 1.807) is 36.4 Å². The molecule has 0 atom stereocenters. The maximum absolute atomic E-state index is 11.9. The van der Waals surface area contributed by atoms with Crippen molar-refractivity contribution < 1.29 is 54.0 Å². The molecular weight excluding hydrogens is 331 g/mol. The Morgan fingerprint density at radius 2 is 1.48 bits per heavy atom. The number of ether oxygens (including phenoxy) is 2. The number of rotatable bonds is 6. The van der Waals surface area contributed by atoms with E-state index >= 15 is 0 Å². The van der Waals surface area contributed by atoms with E-state index < -0.39 is 0 Å². The standard InChI is InChI=1S/C19H18O5.Na/c1-23-18-11-13(5-9-16(18)21)3-7-15(20)8-4-14-6-10-17(22)19(12-14)24-2;/h3-12,21-22H,1-2H3;/q;+1/p-1. The molecule has 0 amide bonds. The van der Waals surface area contributed by atoms with Crippen LogP contribution in [-0.4, -0.2) is 25.1 Å². The third-order valence-corrected chi connectivity index (χ3v) is 3.27. The van der Waals surface area contributed by atoms with Crippen LogP contribution in [0.4, 0.5) is 0 Å². The molecule has 0 aromatic heterocycles. The second-order valence-electron chi connectivity index (χ2n) is 4.91. The number of ketones is 1. The minimum atomic E-state index is -0.216. The van der Waals surface area contributed by atoms with Gasteiger partial charge in [0.25, 0.3) is 0 Å². The average molecular weight is 348 g/mol. The quantitative estimate of drug-likeness (QED) is 0.577. The summed E-state index contributed by atoms with van der Waals surface area (Å²) in [4.78, 5) is 11.9. The van der Waals surface area contributed by atoms with Gasteiger partial charge in [0.15, 0.2) is 17.3 Å². The molecule has 1 N–H and O–H groups in total. The van der Waals surface area contributed by atoms with Crippen LogP contribution in [0.1, 0.15) is 11.1 Å². The SMILES string of the molecule is COc1cc(C=CC(=O)C=Cc2ccc(O)c(OC)c2)ccc1[O-].[Na+]. The zero-order valence-corrected chi connectivity index (χ0v) is 16.4. The first-order valence-electron chi connectivity index (χ1n) is 7.15. The van der Waals surface area contributed by atoms with Gasteiger partial charge >= 0.3 is 29.6 Å². The summed E-state index contributed by atoms with van der Waals surface area (Å²) in [5.74, 6) is 0.187. The van der Waals surface area contributed by atoms with E-state index in [1.165, 1.54) is 38.5 Å². The molecule has 0 aliphatic heterocycles. The molecule has 0 heterocycles. The second-order valence-corrected chi connectivity index (χ2v) is 4.91. The zero-order valence-electron chi connectivity index (χ0n) is 14.4. The van der Waals surface area contributed by atoms with Crippen molar-refractivity contribution in [3.8, 4) is 23.0 Å². The van der Waals surface area contributed by atoms with Gasteiger partial charge in [0.2, 0.25) is 0 Å². The van der Waals surface area contributed by atoms with Crippen LogP contribution in [0, 0.1) is 0 Å². The molecule has 5 nitrogen and oxygen atoms in total. The number of hydrogen-bond donors (Lipinski definition) is 1. The molecule has 0 saturated heterocycles. The summed E-state index contributed by atoms with van der Waals surface area (Å²) in [5.41, 5.74) is 1.42. The number of phenolic OH excluding ortho intramolecular Hbond substituents is 1. The van der Waals surface area contributed by atoms with Crippen molar-refractivity contribution in [2.75, 3.05) is 14.2 Å². The van der Waals surface area contributed by atoms with Crippen molar-refractivity contribution in [3.63, 3.8) is 0 Å². The fraction of sp³-hybridized carbons (Fsp3) is 0.105. The maximum atomic E-state index is 11.9. The first kappa shape index (κ1) is 20.8. The molecule has 0 spiro atoms. The summed E-state index contributed by atoms with van der Waals surface area (Å²) < 4.78 is 9.96. The first-order valence-corrected chi connectivity index (χ1v) is 7.15. The van der Waals surface area contributed by atoms with Crippen molar-refractivity contribution in [2.45, 2.75) is 0 Å². The summed E-state index contributed by atoms with van der Waals surface area (Å²) in [5, 5.41) is 20.9.